The molecule has 2 aromatic rings. The normalized spacial score (nSPS) is 10.4. The van der Waals surface area contributed by atoms with Crippen molar-refractivity contribution in [2.24, 2.45) is 0 Å². The Bertz CT molecular complexity index is 582. The first-order chi connectivity index (χ1) is 8.58. The second kappa shape index (κ2) is 6.16. The fourth-order valence-electron chi connectivity index (χ4n) is 1.51. The van der Waals surface area contributed by atoms with E-state index in [0.29, 0.717) is 12.1 Å². The SMILES string of the molecule is Cc1cscc1CNC(=O)c1cc(I)ccc1Br. The van der Waals surface area contributed by atoms with E-state index in [2.05, 4.69) is 61.5 Å². The molecule has 1 heterocycles. The second-order valence-corrected chi connectivity index (χ2v) is 6.73. The summed E-state index contributed by atoms with van der Waals surface area (Å²) in [4.78, 5) is 12.1. The Labute approximate surface area is 132 Å². The second-order valence-electron chi connectivity index (χ2n) is 3.89. The highest BCUT2D eigenvalue weighted by atomic mass is 127. The zero-order chi connectivity index (χ0) is 13.1. The predicted octanol–water partition coefficient (Wildman–Crippen LogP) is 4.35. The van der Waals surface area contributed by atoms with Gasteiger partial charge in [-0.15, -0.1) is 0 Å². The van der Waals surface area contributed by atoms with E-state index >= 15 is 0 Å². The van der Waals surface area contributed by atoms with Gasteiger partial charge in [0.15, 0.2) is 0 Å². The summed E-state index contributed by atoms with van der Waals surface area (Å²) in [5.41, 5.74) is 3.08. The number of halogens is 2. The number of thiophene rings is 1. The molecule has 0 unspecified atom stereocenters. The van der Waals surface area contributed by atoms with Crippen LogP contribution >= 0.6 is 49.9 Å². The summed E-state index contributed by atoms with van der Waals surface area (Å²) in [7, 11) is 0. The zero-order valence-electron chi connectivity index (χ0n) is 9.67. The monoisotopic (exact) mass is 435 g/mol. The van der Waals surface area contributed by atoms with Crippen LogP contribution in [-0.2, 0) is 6.54 Å². The molecular formula is C13H11BrINOS. The number of rotatable bonds is 3. The zero-order valence-corrected chi connectivity index (χ0v) is 14.2. The number of amides is 1. The molecule has 0 aliphatic carbocycles. The fourth-order valence-corrected chi connectivity index (χ4v) is 3.29. The molecule has 0 spiro atoms. The van der Waals surface area contributed by atoms with E-state index in [-0.39, 0.29) is 5.91 Å². The molecule has 1 aromatic heterocycles. The van der Waals surface area contributed by atoms with Gasteiger partial charge in [0.05, 0.1) is 5.56 Å². The summed E-state index contributed by atoms with van der Waals surface area (Å²) in [5, 5.41) is 7.10. The van der Waals surface area contributed by atoms with Gasteiger partial charge in [-0.1, -0.05) is 0 Å². The minimum absolute atomic E-state index is 0.0500. The molecule has 0 aliphatic rings. The van der Waals surface area contributed by atoms with E-state index in [1.807, 2.05) is 18.2 Å². The third kappa shape index (κ3) is 3.33. The molecular weight excluding hydrogens is 425 g/mol. The van der Waals surface area contributed by atoms with E-state index in [4.69, 9.17) is 0 Å². The first-order valence-corrected chi connectivity index (χ1v) is 8.14. The molecule has 2 rings (SSSR count). The molecule has 0 atom stereocenters. The molecule has 5 heteroatoms. The van der Waals surface area contributed by atoms with Crippen LogP contribution in [0.25, 0.3) is 0 Å². The van der Waals surface area contributed by atoms with Crippen molar-refractivity contribution in [3.05, 3.63) is 53.7 Å². The highest BCUT2D eigenvalue weighted by molar-refractivity contribution is 14.1. The van der Waals surface area contributed by atoms with Crippen LogP contribution in [0.5, 0.6) is 0 Å². The maximum absolute atomic E-state index is 12.1. The summed E-state index contributed by atoms with van der Waals surface area (Å²) in [5.74, 6) is -0.0500. The van der Waals surface area contributed by atoms with Crippen molar-refractivity contribution < 1.29 is 4.79 Å². The van der Waals surface area contributed by atoms with Gasteiger partial charge in [-0.3, -0.25) is 4.79 Å². The lowest BCUT2D eigenvalue weighted by molar-refractivity contribution is 0.0950. The molecule has 18 heavy (non-hydrogen) atoms. The number of carbonyl (C=O) groups is 1. The van der Waals surface area contributed by atoms with E-state index < -0.39 is 0 Å². The van der Waals surface area contributed by atoms with Crippen LogP contribution in [0.15, 0.2) is 33.4 Å². The van der Waals surface area contributed by atoms with Crippen LogP contribution in [0.3, 0.4) is 0 Å². The Kier molecular flexibility index (Phi) is 4.80. The Morgan fingerprint density at radius 2 is 2.22 bits per heavy atom. The van der Waals surface area contributed by atoms with Crippen LogP contribution < -0.4 is 5.32 Å². The van der Waals surface area contributed by atoms with Crippen LogP contribution in [-0.4, -0.2) is 5.91 Å². The van der Waals surface area contributed by atoms with Crippen LogP contribution in [0.4, 0.5) is 0 Å². The van der Waals surface area contributed by atoms with Gasteiger partial charge in [0, 0.05) is 14.6 Å². The topological polar surface area (TPSA) is 29.1 Å². The Hall–Kier alpha value is -0.400. The average molecular weight is 436 g/mol. The van der Waals surface area contributed by atoms with Gasteiger partial charge < -0.3 is 5.32 Å². The van der Waals surface area contributed by atoms with Gasteiger partial charge in [-0.05, 0) is 85.5 Å². The summed E-state index contributed by atoms with van der Waals surface area (Å²) in [6, 6.07) is 5.73. The van der Waals surface area contributed by atoms with Crippen LogP contribution in [0.1, 0.15) is 21.5 Å². The van der Waals surface area contributed by atoms with E-state index in [1.165, 1.54) is 11.1 Å². The fraction of sp³-hybridized carbons (Fsp3) is 0.154. The highest BCUT2D eigenvalue weighted by Gasteiger charge is 2.10. The Balaban J connectivity index is 2.08. The first-order valence-electron chi connectivity index (χ1n) is 5.33. The molecule has 0 radical (unpaired) electrons. The average Bonchev–Trinajstić information content (AvgIpc) is 2.75. The molecule has 1 N–H and O–H groups in total. The molecule has 0 saturated heterocycles. The quantitative estimate of drug-likeness (QED) is 0.713. The van der Waals surface area contributed by atoms with Gasteiger partial charge in [0.1, 0.15) is 0 Å². The molecule has 1 aromatic carbocycles. The van der Waals surface area contributed by atoms with Crippen molar-refractivity contribution >= 4 is 55.8 Å². The molecule has 94 valence electrons. The lowest BCUT2D eigenvalue weighted by Crippen LogP contribution is -2.23. The minimum Gasteiger partial charge on any atom is -0.348 e. The maximum Gasteiger partial charge on any atom is 0.252 e. The maximum atomic E-state index is 12.1. The van der Waals surface area contributed by atoms with Crippen molar-refractivity contribution in [1.29, 1.82) is 0 Å². The molecule has 0 fully saturated rings. The van der Waals surface area contributed by atoms with Crippen molar-refractivity contribution in [2.45, 2.75) is 13.5 Å². The van der Waals surface area contributed by atoms with E-state index in [0.717, 1.165) is 8.04 Å². The third-order valence-electron chi connectivity index (χ3n) is 2.57. The summed E-state index contributed by atoms with van der Waals surface area (Å²) < 4.78 is 1.87. The largest absolute Gasteiger partial charge is 0.348 e. The third-order valence-corrected chi connectivity index (χ3v) is 4.85. The van der Waals surface area contributed by atoms with Gasteiger partial charge in [0.2, 0.25) is 0 Å². The number of hydrogen-bond donors (Lipinski definition) is 1. The number of nitrogens with one attached hydrogen (secondary N) is 1. The summed E-state index contributed by atoms with van der Waals surface area (Å²) in [6.45, 7) is 2.63. The number of carbonyl (C=O) groups excluding carboxylic acids is 1. The van der Waals surface area contributed by atoms with Crippen LogP contribution in [0.2, 0.25) is 0 Å². The molecule has 0 saturated carbocycles. The predicted molar refractivity (Wildman–Crippen MR) is 87.1 cm³/mol. The van der Waals surface area contributed by atoms with Gasteiger partial charge in [-0.2, -0.15) is 11.3 Å². The summed E-state index contributed by atoms with van der Waals surface area (Å²) >= 11 is 7.26. The lowest BCUT2D eigenvalue weighted by Gasteiger charge is -2.07. The number of benzene rings is 1. The highest BCUT2D eigenvalue weighted by Crippen LogP contribution is 2.20. The van der Waals surface area contributed by atoms with Gasteiger partial charge in [-0.25, -0.2) is 0 Å². The molecule has 1 amide bonds. The van der Waals surface area contributed by atoms with Gasteiger partial charge >= 0.3 is 0 Å². The van der Waals surface area contributed by atoms with E-state index in [1.54, 1.807) is 11.3 Å². The first kappa shape index (κ1) is 14.0. The minimum atomic E-state index is -0.0500. The van der Waals surface area contributed by atoms with Gasteiger partial charge in [0.25, 0.3) is 5.91 Å². The van der Waals surface area contributed by atoms with Crippen molar-refractivity contribution in [1.82, 2.24) is 5.32 Å². The van der Waals surface area contributed by atoms with E-state index in [9.17, 15) is 4.79 Å². The molecule has 0 aliphatic heterocycles. The smallest absolute Gasteiger partial charge is 0.252 e. The van der Waals surface area contributed by atoms with Crippen molar-refractivity contribution in [2.75, 3.05) is 0 Å². The summed E-state index contributed by atoms with van der Waals surface area (Å²) in [6.07, 6.45) is 0. The van der Waals surface area contributed by atoms with Crippen molar-refractivity contribution in [3.8, 4) is 0 Å². The Morgan fingerprint density at radius 3 is 2.89 bits per heavy atom. The number of aryl methyl sites for hydroxylation is 1. The Morgan fingerprint density at radius 1 is 1.44 bits per heavy atom. The number of hydrogen-bond acceptors (Lipinski definition) is 2. The lowest BCUT2D eigenvalue weighted by atomic mass is 10.2. The molecule has 0 bridgehead atoms. The molecule has 2 nitrogen and oxygen atoms in total. The van der Waals surface area contributed by atoms with Crippen molar-refractivity contribution in [3.63, 3.8) is 0 Å². The standard InChI is InChI=1S/C13H11BrINOS/c1-8-6-18-7-9(8)5-16-13(17)11-4-10(15)2-3-12(11)14/h2-4,6-7H,5H2,1H3,(H,16,17). The van der Waals surface area contributed by atoms with Crippen LogP contribution in [0, 0.1) is 10.5 Å².